The molecule has 0 bridgehead atoms. The molecule has 2 aliphatic rings. The van der Waals surface area contributed by atoms with Gasteiger partial charge in [0.15, 0.2) is 5.70 Å². The van der Waals surface area contributed by atoms with Gasteiger partial charge in [0.25, 0.3) is 0 Å². The van der Waals surface area contributed by atoms with Gasteiger partial charge in [0.2, 0.25) is 4.62 Å². The zero-order chi connectivity index (χ0) is 16.4. The van der Waals surface area contributed by atoms with Crippen LogP contribution in [0.5, 0.6) is 0 Å². The Labute approximate surface area is 148 Å². The summed E-state index contributed by atoms with van der Waals surface area (Å²) in [7, 11) is 0. The fourth-order valence-corrected chi connectivity index (χ4v) is 4.30. The molecule has 4 heterocycles. The predicted molar refractivity (Wildman–Crippen MR) is 93.8 cm³/mol. The number of fused-ring (bicyclic) bond motifs is 2. The number of rotatable bonds is 1. The van der Waals surface area contributed by atoms with E-state index in [1.165, 1.54) is 0 Å². The molecular formula is C15H10BBr2F2N3. The molecule has 0 saturated heterocycles. The van der Waals surface area contributed by atoms with E-state index in [9.17, 15) is 0 Å². The summed E-state index contributed by atoms with van der Waals surface area (Å²) in [4.78, 5) is 4.30. The molecule has 116 valence electrons. The predicted octanol–water partition coefficient (Wildman–Crippen LogP) is 4.33. The van der Waals surface area contributed by atoms with E-state index in [-0.39, 0.29) is 0 Å². The number of hydrogen-bond donors (Lipinski definition) is 0. The molecule has 0 saturated carbocycles. The maximum Gasteiger partial charge on any atom is 0.738 e. The topological polar surface area (TPSA) is 20.8 Å². The van der Waals surface area contributed by atoms with Crippen LogP contribution >= 0.6 is 31.9 Å². The molecule has 0 unspecified atom stereocenters. The number of hydrogen-bond acceptors (Lipinski definition) is 1. The fourth-order valence-electron chi connectivity index (χ4n) is 3.16. The summed E-state index contributed by atoms with van der Waals surface area (Å²) in [6, 6.07) is 7.09. The second kappa shape index (κ2) is 4.98. The lowest BCUT2D eigenvalue weighted by atomic mass is 9.86. The Morgan fingerprint density at radius 1 is 1.17 bits per heavy atom. The first-order valence-electron chi connectivity index (χ1n) is 6.98. The van der Waals surface area contributed by atoms with Gasteiger partial charge >= 0.3 is 6.97 Å². The van der Waals surface area contributed by atoms with Crippen molar-refractivity contribution in [2.45, 2.75) is 6.92 Å². The molecule has 0 aromatic carbocycles. The highest BCUT2D eigenvalue weighted by Gasteiger charge is 2.54. The van der Waals surface area contributed by atoms with Crippen molar-refractivity contribution in [2.75, 3.05) is 0 Å². The van der Waals surface area contributed by atoms with Crippen molar-refractivity contribution in [2.24, 2.45) is 0 Å². The third kappa shape index (κ3) is 1.97. The average molecular weight is 441 g/mol. The van der Waals surface area contributed by atoms with E-state index in [1.807, 2.05) is 19.1 Å². The van der Waals surface area contributed by atoms with E-state index >= 15 is 8.63 Å². The summed E-state index contributed by atoms with van der Waals surface area (Å²) in [6.45, 7) is -2.10. The van der Waals surface area contributed by atoms with Crippen LogP contribution in [0.4, 0.5) is 8.63 Å². The Hall–Kier alpha value is -1.54. The Bertz CT molecular complexity index is 944. The highest BCUT2D eigenvalue weighted by molar-refractivity contribution is 9.18. The molecule has 2 aliphatic heterocycles. The second-order valence-electron chi connectivity index (χ2n) is 5.42. The third-order valence-corrected chi connectivity index (χ3v) is 5.44. The lowest BCUT2D eigenvalue weighted by Crippen LogP contribution is -2.50. The molecule has 2 aromatic heterocycles. The van der Waals surface area contributed by atoms with E-state index in [0.29, 0.717) is 20.6 Å². The third-order valence-electron chi connectivity index (χ3n) is 4.15. The molecule has 0 N–H and O–H groups in total. The summed E-state index contributed by atoms with van der Waals surface area (Å²) in [5, 5.41) is 0. The minimum atomic E-state index is -3.98. The summed E-state index contributed by atoms with van der Waals surface area (Å²) in [5.74, 6) is 0. The van der Waals surface area contributed by atoms with Gasteiger partial charge in [-0.3, -0.25) is 4.98 Å². The molecule has 23 heavy (non-hydrogen) atoms. The highest BCUT2D eigenvalue weighted by Crippen LogP contribution is 2.42. The number of nitrogens with zero attached hydrogens (tertiary/aromatic N) is 3. The normalized spacial score (nSPS) is 18.5. The number of allylic oxidation sites excluding steroid dienone is 2. The fraction of sp³-hybridized carbons (Fsp3) is 0.0667. The molecule has 0 fully saturated rings. The van der Waals surface area contributed by atoms with E-state index in [0.717, 1.165) is 25.8 Å². The zero-order valence-electron chi connectivity index (χ0n) is 12.0. The molecule has 0 spiro atoms. The first-order valence-corrected chi connectivity index (χ1v) is 8.57. The van der Waals surface area contributed by atoms with Crippen molar-refractivity contribution in [1.29, 1.82) is 0 Å². The van der Waals surface area contributed by atoms with E-state index in [1.54, 1.807) is 30.5 Å². The molecule has 0 amide bonds. The van der Waals surface area contributed by atoms with E-state index in [4.69, 9.17) is 0 Å². The Morgan fingerprint density at radius 3 is 2.70 bits per heavy atom. The Morgan fingerprint density at radius 2 is 1.96 bits per heavy atom. The summed E-state index contributed by atoms with van der Waals surface area (Å²) < 4.78 is 32.9. The minimum absolute atomic E-state index is 0.350. The zero-order valence-corrected chi connectivity index (χ0v) is 15.1. The van der Waals surface area contributed by atoms with Crippen LogP contribution in [0.2, 0.25) is 0 Å². The monoisotopic (exact) mass is 439 g/mol. The Kier molecular flexibility index (Phi) is 3.25. The minimum Gasteiger partial charge on any atom is -0.389 e. The van der Waals surface area contributed by atoms with Crippen LogP contribution in [0.25, 0.3) is 5.57 Å². The summed E-state index contributed by atoms with van der Waals surface area (Å²) >= 11 is 6.50. The van der Waals surface area contributed by atoms with Crippen molar-refractivity contribution >= 4 is 49.0 Å². The molecule has 4 rings (SSSR count). The largest absolute Gasteiger partial charge is 0.738 e. The van der Waals surface area contributed by atoms with Crippen LogP contribution < -0.4 is 0 Å². The number of pyridine rings is 1. The maximum atomic E-state index is 15.1. The standard InChI is InChI=1S/C15H10BBr2F2N3/c1-9-10(3-2-8-21-9)15-11-4-6-13(17)22(11)16(19,20)23-12(15)5-7-14(23)18/h2-8H,1H3. The van der Waals surface area contributed by atoms with Gasteiger partial charge in [-0.2, -0.15) is 0 Å². The van der Waals surface area contributed by atoms with Crippen LogP contribution in [-0.4, -0.2) is 25.5 Å². The lowest BCUT2D eigenvalue weighted by molar-refractivity contribution is -0.358. The number of aromatic nitrogens is 2. The van der Waals surface area contributed by atoms with E-state index < -0.39 is 6.97 Å². The molecule has 0 radical (unpaired) electrons. The van der Waals surface area contributed by atoms with Crippen LogP contribution in [0.1, 0.15) is 17.0 Å². The first kappa shape index (κ1) is 15.0. The quantitative estimate of drug-likeness (QED) is 0.605. The van der Waals surface area contributed by atoms with Crippen molar-refractivity contribution in [1.82, 2.24) is 9.46 Å². The maximum absolute atomic E-state index is 15.1. The molecule has 3 nitrogen and oxygen atoms in total. The van der Waals surface area contributed by atoms with Gasteiger partial charge in [0.1, 0.15) is 0 Å². The van der Waals surface area contributed by atoms with Crippen molar-refractivity contribution in [3.8, 4) is 0 Å². The van der Waals surface area contributed by atoms with Crippen LogP contribution in [0, 0.1) is 6.92 Å². The Balaban J connectivity index is 2.15. The number of aryl methyl sites for hydroxylation is 1. The van der Waals surface area contributed by atoms with Gasteiger partial charge in [-0.05, 0) is 41.1 Å². The first-order chi connectivity index (χ1) is 10.9. The number of halogens is 4. The van der Waals surface area contributed by atoms with Crippen LogP contribution in [0.15, 0.2) is 52.9 Å². The van der Waals surface area contributed by atoms with Crippen molar-refractivity contribution < 1.29 is 13.1 Å². The molecule has 8 heteroatoms. The highest BCUT2D eigenvalue weighted by atomic mass is 79.9. The summed E-state index contributed by atoms with van der Waals surface area (Å²) in [6.07, 6.45) is 5.06. The van der Waals surface area contributed by atoms with Crippen LogP contribution in [0.3, 0.4) is 0 Å². The van der Waals surface area contributed by atoms with Gasteiger partial charge in [-0.15, -0.1) is 0 Å². The smallest absolute Gasteiger partial charge is 0.389 e. The summed E-state index contributed by atoms with van der Waals surface area (Å²) in [5.41, 5.74) is 3.36. The average Bonchev–Trinajstić information content (AvgIpc) is 3.06. The van der Waals surface area contributed by atoms with Gasteiger partial charge in [0.05, 0.1) is 10.2 Å². The van der Waals surface area contributed by atoms with Crippen LogP contribution in [-0.2, 0) is 0 Å². The second-order valence-corrected chi connectivity index (χ2v) is 7.05. The SMILES string of the molecule is Cc1ncccc1C1=C2C=CC(Br)=[N+]2[B-](F)(F)n2c(Br)ccc21. The van der Waals surface area contributed by atoms with Gasteiger partial charge in [-0.1, -0.05) is 6.07 Å². The van der Waals surface area contributed by atoms with Gasteiger partial charge in [0, 0.05) is 51.2 Å². The van der Waals surface area contributed by atoms with E-state index in [2.05, 4.69) is 36.8 Å². The molecular weight excluding hydrogens is 431 g/mol. The molecule has 0 atom stereocenters. The molecule has 0 aliphatic carbocycles. The molecule has 2 aromatic rings. The lowest BCUT2D eigenvalue weighted by Gasteiger charge is -2.32. The van der Waals surface area contributed by atoms with Gasteiger partial charge < -0.3 is 17.6 Å². The van der Waals surface area contributed by atoms with Crippen molar-refractivity contribution in [3.63, 3.8) is 0 Å². The van der Waals surface area contributed by atoms with Gasteiger partial charge in [-0.25, -0.2) is 0 Å². The van der Waals surface area contributed by atoms with Crippen molar-refractivity contribution in [3.05, 3.63) is 69.9 Å².